The number of hydrogen-bond donors (Lipinski definition) is 1. The second kappa shape index (κ2) is 7.93. The number of amides is 1. The molecule has 0 bridgehead atoms. The van der Waals surface area contributed by atoms with Crippen molar-refractivity contribution in [3.63, 3.8) is 0 Å². The summed E-state index contributed by atoms with van der Waals surface area (Å²) < 4.78 is 28.8. The molecular weight excluding hydrogens is 466 g/mol. The topological polar surface area (TPSA) is 79.4 Å². The molecule has 34 heavy (non-hydrogen) atoms. The van der Waals surface area contributed by atoms with Crippen LogP contribution in [0, 0.1) is 0 Å². The molecular formula is C26H19N3O3S2. The van der Waals surface area contributed by atoms with Crippen molar-refractivity contribution in [1.82, 2.24) is 4.98 Å². The van der Waals surface area contributed by atoms with Crippen molar-refractivity contribution in [3.05, 3.63) is 96.1 Å². The van der Waals surface area contributed by atoms with Gasteiger partial charge in [-0.25, -0.2) is 13.4 Å². The van der Waals surface area contributed by atoms with Gasteiger partial charge in [-0.05, 0) is 53.8 Å². The van der Waals surface area contributed by atoms with E-state index in [-0.39, 0.29) is 10.8 Å². The first kappa shape index (κ1) is 20.8. The fourth-order valence-corrected chi connectivity index (χ4v) is 6.73. The Kier molecular flexibility index (Phi) is 4.86. The zero-order valence-electron chi connectivity index (χ0n) is 17.9. The van der Waals surface area contributed by atoms with Crippen molar-refractivity contribution in [2.45, 2.75) is 11.3 Å². The Morgan fingerprint density at radius 3 is 2.53 bits per heavy atom. The molecule has 0 saturated carbocycles. The number of aromatic nitrogens is 1. The maximum Gasteiger partial charge on any atom is 0.264 e. The number of thiazole rings is 1. The Morgan fingerprint density at radius 2 is 1.68 bits per heavy atom. The minimum atomic E-state index is -3.70. The second-order valence-corrected chi connectivity index (χ2v) is 11.0. The summed E-state index contributed by atoms with van der Waals surface area (Å²) in [7, 11) is -3.70. The smallest absolute Gasteiger partial charge is 0.264 e. The molecule has 1 aromatic heterocycles. The minimum absolute atomic E-state index is 0.159. The van der Waals surface area contributed by atoms with Gasteiger partial charge in [0.15, 0.2) is 5.13 Å². The standard InChI is InChI=1S/C26H19N3O3S2/c30-25(28-26-27-24-21-7-3-1-5-17(21)11-14-23(24)33-26)19-9-12-20(13-10-19)34(31,32)29-16-15-18-6-2-4-8-22(18)29/h1-14H,15-16H2,(H,27,28,30). The number of hydrogen-bond acceptors (Lipinski definition) is 5. The van der Waals surface area contributed by atoms with Crippen molar-refractivity contribution in [2.75, 3.05) is 16.2 Å². The summed E-state index contributed by atoms with van der Waals surface area (Å²) in [6, 6.07) is 25.6. The number of carbonyl (C=O) groups is 1. The Labute approximate surface area is 200 Å². The van der Waals surface area contributed by atoms with E-state index in [0.717, 1.165) is 26.6 Å². The highest BCUT2D eigenvalue weighted by atomic mass is 32.2. The number of nitrogens with one attached hydrogen (secondary N) is 1. The summed E-state index contributed by atoms with van der Waals surface area (Å²) in [5.74, 6) is -0.334. The number of rotatable bonds is 4. The lowest BCUT2D eigenvalue weighted by Gasteiger charge is -2.19. The van der Waals surface area contributed by atoms with Crippen LogP contribution in [0.25, 0.3) is 21.0 Å². The maximum atomic E-state index is 13.2. The number of sulfonamides is 1. The summed E-state index contributed by atoms with van der Waals surface area (Å²) in [5.41, 5.74) is 2.95. The van der Waals surface area contributed by atoms with E-state index in [2.05, 4.69) is 10.3 Å². The Hall–Kier alpha value is -3.75. The van der Waals surface area contributed by atoms with Gasteiger partial charge >= 0.3 is 0 Å². The molecule has 0 fully saturated rings. The molecule has 0 radical (unpaired) electrons. The lowest BCUT2D eigenvalue weighted by atomic mass is 10.1. The van der Waals surface area contributed by atoms with Crippen LogP contribution in [-0.2, 0) is 16.4 Å². The van der Waals surface area contributed by atoms with Gasteiger partial charge in [-0.15, -0.1) is 0 Å². The Balaban J connectivity index is 1.24. The van der Waals surface area contributed by atoms with E-state index < -0.39 is 10.0 Å². The molecule has 8 heteroatoms. The van der Waals surface area contributed by atoms with Gasteiger partial charge in [0.1, 0.15) is 0 Å². The third-order valence-corrected chi connectivity index (χ3v) is 8.82. The summed E-state index contributed by atoms with van der Waals surface area (Å²) in [5, 5.41) is 5.48. The molecule has 168 valence electrons. The third-order valence-electron chi connectivity index (χ3n) is 6.05. The Morgan fingerprint density at radius 1 is 0.912 bits per heavy atom. The SMILES string of the molecule is O=C(Nc1nc2c(ccc3ccccc32)s1)c1ccc(S(=O)(=O)N2CCc3ccccc32)cc1. The number of anilines is 2. The van der Waals surface area contributed by atoms with Crippen LogP contribution in [0.3, 0.4) is 0 Å². The first-order valence-electron chi connectivity index (χ1n) is 10.8. The van der Waals surface area contributed by atoms with Crippen LogP contribution < -0.4 is 9.62 Å². The molecule has 0 atom stereocenters. The van der Waals surface area contributed by atoms with Crippen LogP contribution in [-0.4, -0.2) is 25.9 Å². The van der Waals surface area contributed by atoms with Gasteiger partial charge in [0.25, 0.3) is 15.9 Å². The molecule has 1 amide bonds. The van der Waals surface area contributed by atoms with E-state index >= 15 is 0 Å². The average Bonchev–Trinajstić information content (AvgIpc) is 3.48. The number of fused-ring (bicyclic) bond motifs is 4. The van der Waals surface area contributed by atoms with E-state index in [4.69, 9.17) is 0 Å². The molecule has 5 aromatic rings. The molecule has 0 aliphatic carbocycles. The third kappa shape index (κ3) is 3.43. The maximum absolute atomic E-state index is 13.2. The predicted octanol–water partition coefficient (Wildman–Crippen LogP) is 5.45. The molecule has 6 rings (SSSR count). The first-order valence-corrected chi connectivity index (χ1v) is 13.1. The zero-order chi connectivity index (χ0) is 23.3. The van der Waals surface area contributed by atoms with Crippen LogP contribution in [0.1, 0.15) is 15.9 Å². The highest BCUT2D eigenvalue weighted by Crippen LogP contribution is 2.33. The molecule has 4 aromatic carbocycles. The molecule has 0 spiro atoms. The van der Waals surface area contributed by atoms with Gasteiger partial charge in [-0.2, -0.15) is 0 Å². The van der Waals surface area contributed by atoms with Gasteiger partial charge in [-0.3, -0.25) is 14.4 Å². The van der Waals surface area contributed by atoms with E-state index in [1.54, 1.807) is 0 Å². The molecule has 1 N–H and O–H groups in total. The zero-order valence-corrected chi connectivity index (χ0v) is 19.6. The van der Waals surface area contributed by atoms with Crippen LogP contribution in [0.4, 0.5) is 10.8 Å². The van der Waals surface area contributed by atoms with Crippen molar-refractivity contribution in [3.8, 4) is 0 Å². The van der Waals surface area contributed by atoms with Gasteiger partial charge < -0.3 is 0 Å². The minimum Gasteiger partial charge on any atom is -0.298 e. The van der Waals surface area contributed by atoms with Gasteiger partial charge in [0.05, 0.1) is 20.8 Å². The summed E-state index contributed by atoms with van der Waals surface area (Å²) in [4.78, 5) is 17.6. The van der Waals surface area contributed by atoms with Crippen molar-refractivity contribution >= 4 is 59.1 Å². The van der Waals surface area contributed by atoms with Crippen LogP contribution in [0.2, 0.25) is 0 Å². The molecule has 1 aliphatic heterocycles. The average molecular weight is 486 g/mol. The predicted molar refractivity (Wildman–Crippen MR) is 136 cm³/mol. The molecule has 2 heterocycles. The second-order valence-electron chi connectivity index (χ2n) is 8.09. The first-order chi connectivity index (χ1) is 16.5. The monoisotopic (exact) mass is 485 g/mol. The van der Waals surface area contributed by atoms with E-state index in [0.29, 0.717) is 29.3 Å². The van der Waals surface area contributed by atoms with Crippen molar-refractivity contribution in [1.29, 1.82) is 0 Å². The lowest BCUT2D eigenvalue weighted by Crippen LogP contribution is -2.29. The van der Waals surface area contributed by atoms with E-state index in [1.807, 2.05) is 60.7 Å². The summed E-state index contributed by atoms with van der Waals surface area (Å²) >= 11 is 1.41. The summed E-state index contributed by atoms with van der Waals surface area (Å²) in [6.45, 7) is 0.413. The number of para-hydroxylation sites is 1. The molecule has 0 unspecified atom stereocenters. The van der Waals surface area contributed by atoms with Crippen LogP contribution >= 0.6 is 11.3 Å². The number of benzene rings is 4. The highest BCUT2D eigenvalue weighted by molar-refractivity contribution is 7.92. The van der Waals surface area contributed by atoms with E-state index in [1.165, 1.54) is 39.9 Å². The number of carbonyl (C=O) groups excluding carboxylic acids is 1. The molecule has 6 nitrogen and oxygen atoms in total. The quantitative estimate of drug-likeness (QED) is 0.367. The largest absolute Gasteiger partial charge is 0.298 e. The lowest BCUT2D eigenvalue weighted by molar-refractivity contribution is 0.102. The van der Waals surface area contributed by atoms with Crippen molar-refractivity contribution < 1.29 is 13.2 Å². The Bertz CT molecular complexity index is 1680. The normalized spacial score (nSPS) is 13.4. The molecule has 0 saturated heterocycles. The fourth-order valence-electron chi connectivity index (χ4n) is 4.35. The summed E-state index contributed by atoms with van der Waals surface area (Å²) in [6.07, 6.45) is 0.688. The van der Waals surface area contributed by atoms with Gasteiger partial charge in [0.2, 0.25) is 0 Å². The van der Waals surface area contributed by atoms with Crippen LogP contribution in [0.5, 0.6) is 0 Å². The van der Waals surface area contributed by atoms with Crippen molar-refractivity contribution in [2.24, 2.45) is 0 Å². The molecule has 1 aliphatic rings. The number of nitrogens with zero attached hydrogens (tertiary/aromatic N) is 2. The van der Waals surface area contributed by atoms with Gasteiger partial charge in [0, 0.05) is 17.5 Å². The van der Waals surface area contributed by atoms with Gasteiger partial charge in [-0.1, -0.05) is 59.9 Å². The van der Waals surface area contributed by atoms with E-state index in [9.17, 15) is 13.2 Å². The highest BCUT2D eigenvalue weighted by Gasteiger charge is 2.30. The van der Waals surface area contributed by atoms with Crippen LogP contribution in [0.15, 0.2) is 89.8 Å². The fraction of sp³-hybridized carbons (Fsp3) is 0.0769.